The second kappa shape index (κ2) is 4.84. The van der Waals surface area contributed by atoms with Gasteiger partial charge in [0.05, 0.1) is 12.7 Å². The van der Waals surface area contributed by atoms with E-state index in [0.29, 0.717) is 5.69 Å². The number of fused-ring (bicyclic) bond motifs is 1. The molecule has 2 aromatic carbocycles. The number of rotatable bonds is 2. The molecule has 1 heterocycles. The van der Waals surface area contributed by atoms with Crippen molar-refractivity contribution >= 4 is 11.9 Å². The summed E-state index contributed by atoms with van der Waals surface area (Å²) in [5.74, 6) is 0.635. The minimum absolute atomic E-state index is 0.197. The van der Waals surface area contributed by atoms with Crippen LogP contribution in [0.2, 0.25) is 0 Å². The summed E-state index contributed by atoms with van der Waals surface area (Å²) in [6.45, 7) is 0.779. The Hall–Kier alpha value is -2.16. The van der Waals surface area contributed by atoms with Gasteiger partial charge in [-0.05, 0) is 17.7 Å². The van der Waals surface area contributed by atoms with E-state index in [1.165, 1.54) is 11.6 Å². The highest BCUT2D eigenvalue weighted by Crippen LogP contribution is 2.26. The molecule has 0 N–H and O–H groups in total. The molecule has 0 unspecified atom stereocenters. The van der Waals surface area contributed by atoms with E-state index in [-0.39, 0.29) is 5.82 Å². The quantitative estimate of drug-likeness (QED) is 0.752. The van der Waals surface area contributed by atoms with Crippen molar-refractivity contribution in [2.75, 3.05) is 13.7 Å². The molecular formula is C16H15FNO+. The van der Waals surface area contributed by atoms with Crippen LogP contribution in [0.5, 0.6) is 5.75 Å². The summed E-state index contributed by atoms with van der Waals surface area (Å²) in [5.41, 5.74) is 2.89. The van der Waals surface area contributed by atoms with Gasteiger partial charge in [-0.2, -0.15) is 8.97 Å². The van der Waals surface area contributed by atoms with Crippen LogP contribution in [-0.4, -0.2) is 24.4 Å². The third-order valence-corrected chi connectivity index (χ3v) is 3.45. The fourth-order valence-corrected chi connectivity index (χ4v) is 2.47. The van der Waals surface area contributed by atoms with E-state index in [4.69, 9.17) is 4.74 Å². The molecule has 2 aromatic rings. The van der Waals surface area contributed by atoms with Gasteiger partial charge in [0.2, 0.25) is 5.69 Å². The highest BCUT2D eigenvalue weighted by atomic mass is 19.1. The number of hydrogen-bond acceptors (Lipinski definition) is 1. The van der Waals surface area contributed by atoms with Crippen molar-refractivity contribution in [1.29, 1.82) is 0 Å². The molecule has 96 valence electrons. The lowest BCUT2D eigenvalue weighted by Crippen LogP contribution is -2.20. The maximum Gasteiger partial charge on any atom is 0.241 e. The average molecular weight is 256 g/mol. The van der Waals surface area contributed by atoms with Gasteiger partial charge in [-0.15, -0.1) is 0 Å². The summed E-state index contributed by atoms with van der Waals surface area (Å²) in [6, 6.07) is 12.9. The van der Waals surface area contributed by atoms with E-state index in [2.05, 4.69) is 6.07 Å². The van der Waals surface area contributed by atoms with Gasteiger partial charge in [0.25, 0.3) is 0 Å². The summed E-state index contributed by atoms with van der Waals surface area (Å²) in [7, 11) is 1.66. The van der Waals surface area contributed by atoms with Crippen LogP contribution < -0.4 is 4.74 Å². The van der Waals surface area contributed by atoms with Gasteiger partial charge < -0.3 is 4.74 Å². The lowest BCUT2D eigenvalue weighted by Gasteiger charge is -2.14. The van der Waals surface area contributed by atoms with Crippen molar-refractivity contribution in [3.8, 4) is 5.75 Å². The Balaban J connectivity index is 2.11. The zero-order valence-electron chi connectivity index (χ0n) is 10.8. The van der Waals surface area contributed by atoms with Crippen molar-refractivity contribution < 1.29 is 13.7 Å². The van der Waals surface area contributed by atoms with Crippen LogP contribution in [-0.2, 0) is 6.42 Å². The van der Waals surface area contributed by atoms with Crippen LogP contribution in [0.25, 0.3) is 0 Å². The number of benzene rings is 2. The van der Waals surface area contributed by atoms with Crippen molar-refractivity contribution in [2.24, 2.45) is 0 Å². The van der Waals surface area contributed by atoms with E-state index in [9.17, 15) is 4.39 Å². The van der Waals surface area contributed by atoms with Crippen LogP contribution in [0.3, 0.4) is 0 Å². The molecule has 0 amide bonds. The van der Waals surface area contributed by atoms with E-state index in [0.717, 1.165) is 24.3 Å². The van der Waals surface area contributed by atoms with Gasteiger partial charge in [-0.3, -0.25) is 0 Å². The van der Waals surface area contributed by atoms with Gasteiger partial charge in [-0.25, -0.2) is 0 Å². The molecule has 1 aliphatic heterocycles. The van der Waals surface area contributed by atoms with Crippen LogP contribution in [0, 0.1) is 5.82 Å². The third kappa shape index (κ3) is 2.12. The number of halogens is 1. The van der Waals surface area contributed by atoms with E-state index >= 15 is 0 Å². The number of methoxy groups -OCH3 is 1. The molecule has 0 atom stereocenters. The van der Waals surface area contributed by atoms with E-state index in [1.807, 2.05) is 29.0 Å². The smallest absolute Gasteiger partial charge is 0.241 e. The van der Waals surface area contributed by atoms with E-state index < -0.39 is 0 Å². The van der Waals surface area contributed by atoms with Crippen LogP contribution in [0.1, 0.15) is 11.1 Å². The molecule has 3 rings (SSSR count). The molecule has 0 saturated heterocycles. The predicted octanol–water partition coefficient (Wildman–Crippen LogP) is 3.15. The maximum absolute atomic E-state index is 13.8. The first kappa shape index (κ1) is 11.9. The molecule has 0 saturated carbocycles. The Labute approximate surface area is 111 Å². The minimum Gasteiger partial charge on any atom is -0.496 e. The lowest BCUT2D eigenvalue weighted by atomic mass is 10.0. The SMILES string of the molecule is COc1cccc2c1C=[N+](c1ccccc1F)CC2. The second-order valence-electron chi connectivity index (χ2n) is 4.56. The first-order chi connectivity index (χ1) is 9.29. The Morgan fingerprint density at radius 1 is 1.11 bits per heavy atom. The molecule has 0 fully saturated rings. The molecule has 0 bridgehead atoms. The highest BCUT2D eigenvalue weighted by Gasteiger charge is 2.22. The standard InChI is InChI=1S/C16H15FNO/c1-19-16-8-4-5-12-9-10-18(11-13(12)16)15-7-3-2-6-14(15)17/h2-8,11H,9-10H2,1H3/q+1. The molecule has 3 heteroatoms. The monoisotopic (exact) mass is 256 g/mol. The molecule has 0 spiro atoms. The number of ether oxygens (including phenoxy) is 1. The largest absolute Gasteiger partial charge is 0.496 e. The number of nitrogens with zero attached hydrogens (tertiary/aromatic N) is 1. The van der Waals surface area contributed by atoms with Crippen molar-refractivity contribution in [1.82, 2.24) is 0 Å². The Kier molecular flexibility index (Phi) is 3.03. The highest BCUT2D eigenvalue weighted by molar-refractivity contribution is 5.83. The number of hydrogen-bond donors (Lipinski definition) is 0. The van der Waals surface area contributed by atoms with Gasteiger partial charge in [-0.1, -0.05) is 24.3 Å². The van der Waals surface area contributed by atoms with Crippen molar-refractivity contribution in [2.45, 2.75) is 6.42 Å². The van der Waals surface area contributed by atoms with Gasteiger partial charge in [0, 0.05) is 12.5 Å². The Morgan fingerprint density at radius 3 is 2.74 bits per heavy atom. The zero-order valence-corrected chi connectivity index (χ0v) is 10.8. The second-order valence-corrected chi connectivity index (χ2v) is 4.56. The topological polar surface area (TPSA) is 12.2 Å². The van der Waals surface area contributed by atoms with E-state index in [1.54, 1.807) is 19.2 Å². The first-order valence-electron chi connectivity index (χ1n) is 6.31. The molecule has 0 aliphatic carbocycles. The summed E-state index contributed by atoms with van der Waals surface area (Å²) in [5, 5.41) is 0. The van der Waals surface area contributed by atoms with Crippen molar-refractivity contribution in [3.63, 3.8) is 0 Å². The summed E-state index contributed by atoms with van der Waals surface area (Å²) >= 11 is 0. The van der Waals surface area contributed by atoms with Crippen LogP contribution >= 0.6 is 0 Å². The number of para-hydroxylation sites is 1. The fourth-order valence-electron chi connectivity index (χ4n) is 2.47. The van der Waals surface area contributed by atoms with Crippen molar-refractivity contribution in [3.05, 3.63) is 59.4 Å². The van der Waals surface area contributed by atoms with Crippen LogP contribution in [0.4, 0.5) is 10.1 Å². The predicted molar refractivity (Wildman–Crippen MR) is 73.1 cm³/mol. The molecule has 1 aliphatic rings. The van der Waals surface area contributed by atoms with Gasteiger partial charge in [0.15, 0.2) is 18.6 Å². The summed E-state index contributed by atoms with van der Waals surface area (Å²) < 4.78 is 21.2. The minimum atomic E-state index is -0.197. The fraction of sp³-hybridized carbons (Fsp3) is 0.188. The normalized spacial score (nSPS) is 13.7. The van der Waals surface area contributed by atoms with Crippen LogP contribution in [0.15, 0.2) is 42.5 Å². The molecular weight excluding hydrogens is 241 g/mol. The lowest BCUT2D eigenvalue weighted by molar-refractivity contribution is -0.438. The summed E-state index contributed by atoms with van der Waals surface area (Å²) in [4.78, 5) is 0. The summed E-state index contributed by atoms with van der Waals surface area (Å²) in [6.07, 6.45) is 2.85. The Bertz CT molecular complexity index is 649. The molecule has 0 radical (unpaired) electrons. The average Bonchev–Trinajstić information content (AvgIpc) is 2.46. The molecule has 19 heavy (non-hydrogen) atoms. The zero-order chi connectivity index (χ0) is 13.2. The maximum atomic E-state index is 13.8. The molecule has 0 aromatic heterocycles. The molecule has 2 nitrogen and oxygen atoms in total. The van der Waals surface area contributed by atoms with Gasteiger partial charge >= 0.3 is 0 Å². The Morgan fingerprint density at radius 2 is 1.95 bits per heavy atom. The third-order valence-electron chi connectivity index (χ3n) is 3.45. The van der Waals surface area contributed by atoms with Gasteiger partial charge in [0.1, 0.15) is 5.75 Å². The first-order valence-corrected chi connectivity index (χ1v) is 6.31.